The van der Waals surface area contributed by atoms with Crippen LogP contribution in [-0.4, -0.2) is 14.3 Å². The van der Waals surface area contributed by atoms with E-state index in [1.165, 1.54) is 6.33 Å². The van der Waals surface area contributed by atoms with Crippen LogP contribution in [0.1, 0.15) is 0 Å². The minimum absolute atomic E-state index is 0.162. The minimum atomic E-state index is 0.162. The topological polar surface area (TPSA) is 30.7 Å². The summed E-state index contributed by atoms with van der Waals surface area (Å²) in [5.41, 5.74) is 0. The number of halogens is 2. The van der Waals surface area contributed by atoms with Crippen molar-refractivity contribution in [2.45, 2.75) is 0 Å². The third kappa shape index (κ3) is 1.04. The molecule has 1 aromatic rings. The van der Waals surface area contributed by atoms with Gasteiger partial charge >= 0.3 is 0 Å². The van der Waals surface area contributed by atoms with Crippen molar-refractivity contribution in [3.63, 3.8) is 0 Å². The summed E-state index contributed by atoms with van der Waals surface area (Å²) >= 11 is 10.5. The van der Waals surface area contributed by atoms with E-state index in [9.17, 15) is 0 Å². The molecule has 1 rings (SSSR count). The van der Waals surface area contributed by atoms with Gasteiger partial charge in [0.2, 0.25) is 5.28 Å². The van der Waals surface area contributed by atoms with E-state index in [0.717, 1.165) is 4.20 Å². The van der Waals surface area contributed by atoms with Crippen LogP contribution < -0.4 is 0 Å². The summed E-state index contributed by atoms with van der Waals surface area (Å²) in [7, 11) is 0. The van der Waals surface area contributed by atoms with Gasteiger partial charge in [0.05, 0.1) is 0 Å². The maximum atomic E-state index is 5.23. The lowest BCUT2D eigenvalue weighted by atomic mass is 11.3. The van der Waals surface area contributed by atoms with Crippen LogP contribution in [0.3, 0.4) is 0 Å². The van der Waals surface area contributed by atoms with Crippen LogP contribution in [-0.2, 0) is 0 Å². The zero-order chi connectivity index (χ0) is 5.28. The van der Waals surface area contributed by atoms with Crippen molar-refractivity contribution in [2.75, 3.05) is 0 Å². The molecule has 0 amide bonds. The number of hydrogen-bond acceptors (Lipinski definition) is 2. The highest BCUT2D eigenvalue weighted by Gasteiger charge is 1.88. The fourth-order valence-corrected chi connectivity index (χ4v) is 0.505. The molecule has 0 N–H and O–H groups in total. The molecule has 7 heavy (non-hydrogen) atoms. The normalized spacial score (nSPS) is 9.43. The highest BCUT2D eigenvalue weighted by Crippen LogP contribution is 1.96. The number of hydrogen-bond donors (Lipinski definition) is 0. The van der Waals surface area contributed by atoms with Crippen molar-refractivity contribution < 1.29 is 0 Å². The molecule has 1 heterocycles. The molecule has 0 radical (unpaired) electrons. The summed E-state index contributed by atoms with van der Waals surface area (Å²) in [5, 5.41) is 3.61. The molecule has 0 aromatic carbocycles. The lowest BCUT2D eigenvalue weighted by Crippen LogP contribution is -1.75. The molecule has 0 saturated heterocycles. The molecule has 0 unspecified atom stereocenters. The Hall–Kier alpha value is -0.280. The van der Waals surface area contributed by atoms with E-state index in [0.29, 0.717) is 0 Å². The van der Waals surface area contributed by atoms with Gasteiger partial charge in [-0.05, 0) is 11.6 Å². The summed E-state index contributed by atoms with van der Waals surface area (Å²) in [6.07, 6.45) is 1.31. The first kappa shape index (κ1) is 4.87. The second kappa shape index (κ2) is 1.68. The zero-order valence-corrected chi connectivity index (χ0v) is 4.69. The smallest absolute Gasteiger partial charge is 0.204 e. The van der Waals surface area contributed by atoms with E-state index >= 15 is 0 Å². The summed E-state index contributed by atoms with van der Waals surface area (Å²) < 4.78 is 1.02. The zero-order valence-electron chi connectivity index (χ0n) is 3.17. The maximum absolute atomic E-state index is 5.23. The fraction of sp³-hybridized carbons (Fsp3) is 0. The molecule has 1 aromatic heterocycles. The first-order chi connectivity index (χ1) is 3.29. The van der Waals surface area contributed by atoms with E-state index in [1.807, 2.05) is 0 Å². The Kier molecular flexibility index (Phi) is 1.17. The number of nitrogens with zero attached hydrogens (tertiary/aromatic N) is 3. The van der Waals surface area contributed by atoms with Crippen LogP contribution in [0, 0.1) is 0 Å². The summed E-state index contributed by atoms with van der Waals surface area (Å²) in [6.45, 7) is 0. The monoisotopic (exact) mass is 137 g/mol. The second-order valence-corrected chi connectivity index (χ2v) is 1.59. The van der Waals surface area contributed by atoms with Gasteiger partial charge in [0.15, 0.2) is 0 Å². The molecule has 0 aliphatic heterocycles. The molecule has 3 nitrogen and oxygen atoms in total. The van der Waals surface area contributed by atoms with Gasteiger partial charge in [-0.15, -0.1) is 5.10 Å². The van der Waals surface area contributed by atoms with Gasteiger partial charge in [0.25, 0.3) is 0 Å². The molecular formula is C2HCl2N3. The van der Waals surface area contributed by atoms with E-state index < -0.39 is 0 Å². The molecule has 5 heteroatoms. The molecular weight excluding hydrogens is 137 g/mol. The van der Waals surface area contributed by atoms with E-state index in [4.69, 9.17) is 23.4 Å². The Labute approximate surface area is 50.0 Å². The predicted octanol–water partition coefficient (Wildman–Crippen LogP) is 0.933. The van der Waals surface area contributed by atoms with E-state index in [2.05, 4.69) is 10.1 Å². The quantitative estimate of drug-likeness (QED) is 0.533. The van der Waals surface area contributed by atoms with Crippen LogP contribution in [0.15, 0.2) is 6.33 Å². The fourth-order valence-electron chi connectivity index (χ4n) is 0.226. The lowest BCUT2D eigenvalue weighted by molar-refractivity contribution is 0.993. The van der Waals surface area contributed by atoms with Gasteiger partial charge in [-0.25, -0.2) is 4.98 Å². The first-order valence-electron chi connectivity index (χ1n) is 1.52. The number of rotatable bonds is 0. The van der Waals surface area contributed by atoms with Crippen LogP contribution in [0.2, 0.25) is 5.28 Å². The van der Waals surface area contributed by atoms with Crippen molar-refractivity contribution in [3.8, 4) is 0 Å². The molecule has 38 valence electrons. The maximum Gasteiger partial charge on any atom is 0.243 e. The van der Waals surface area contributed by atoms with Gasteiger partial charge in [0.1, 0.15) is 6.33 Å². The molecule has 0 bridgehead atoms. The van der Waals surface area contributed by atoms with Crippen molar-refractivity contribution in [2.24, 2.45) is 0 Å². The van der Waals surface area contributed by atoms with Crippen LogP contribution in [0.25, 0.3) is 0 Å². The van der Waals surface area contributed by atoms with Crippen LogP contribution in [0.4, 0.5) is 0 Å². The van der Waals surface area contributed by atoms with Gasteiger partial charge in [-0.2, -0.15) is 4.20 Å². The van der Waals surface area contributed by atoms with Gasteiger partial charge in [0, 0.05) is 11.8 Å². The van der Waals surface area contributed by atoms with Crippen molar-refractivity contribution in [1.29, 1.82) is 0 Å². The average Bonchev–Trinajstić information content (AvgIpc) is 1.87. The molecule has 0 aliphatic rings. The van der Waals surface area contributed by atoms with Crippen LogP contribution >= 0.6 is 23.4 Å². The molecule has 0 saturated carbocycles. The third-order valence-corrected chi connectivity index (χ3v) is 0.774. The van der Waals surface area contributed by atoms with Crippen LogP contribution in [0.5, 0.6) is 0 Å². The third-order valence-electron chi connectivity index (χ3n) is 0.438. The highest BCUT2D eigenvalue weighted by molar-refractivity contribution is 6.28. The first-order valence-corrected chi connectivity index (χ1v) is 2.24. The Morgan fingerprint density at radius 1 is 1.71 bits per heavy atom. The number of aromatic nitrogens is 3. The van der Waals surface area contributed by atoms with Crippen molar-refractivity contribution in [3.05, 3.63) is 11.6 Å². The summed E-state index contributed by atoms with van der Waals surface area (Å²) in [6, 6.07) is 0. The van der Waals surface area contributed by atoms with Crippen molar-refractivity contribution >= 4 is 23.4 Å². The molecule has 0 aliphatic carbocycles. The Morgan fingerprint density at radius 3 is 2.57 bits per heavy atom. The van der Waals surface area contributed by atoms with Gasteiger partial charge < -0.3 is 0 Å². The SMILES string of the molecule is Clc1ncn(Cl)n1. The standard InChI is InChI=1S/C2HCl2N3/c3-2-5-1-7(4)6-2/h1H. The predicted molar refractivity (Wildman–Crippen MR) is 26.3 cm³/mol. The second-order valence-electron chi connectivity index (χ2n) is 0.902. The molecule has 0 spiro atoms. The summed E-state index contributed by atoms with van der Waals surface area (Å²) in [5.74, 6) is 0. The largest absolute Gasteiger partial charge is 0.243 e. The average molecular weight is 138 g/mol. The summed E-state index contributed by atoms with van der Waals surface area (Å²) in [4.78, 5) is 3.50. The highest BCUT2D eigenvalue weighted by atomic mass is 35.5. The molecule has 0 atom stereocenters. The molecule has 0 fully saturated rings. The lowest BCUT2D eigenvalue weighted by Gasteiger charge is -1.70. The Morgan fingerprint density at radius 2 is 2.43 bits per heavy atom. The van der Waals surface area contributed by atoms with Gasteiger partial charge in [-0.1, -0.05) is 0 Å². The Balaban J connectivity index is 3.04. The van der Waals surface area contributed by atoms with Crippen molar-refractivity contribution in [1.82, 2.24) is 14.3 Å². The Bertz CT molecular complexity index is 143. The van der Waals surface area contributed by atoms with E-state index in [1.54, 1.807) is 0 Å². The minimum Gasteiger partial charge on any atom is -0.204 e. The van der Waals surface area contributed by atoms with E-state index in [-0.39, 0.29) is 5.28 Å². The van der Waals surface area contributed by atoms with Gasteiger partial charge in [-0.3, -0.25) is 0 Å².